The number of nitrogens with one attached hydrogen (secondary N) is 1. The predicted molar refractivity (Wildman–Crippen MR) is 88.6 cm³/mol. The largest absolute Gasteiger partial charge is 0.386 e. The van der Waals surface area contributed by atoms with Crippen molar-refractivity contribution in [1.82, 2.24) is 10.4 Å². The highest BCUT2D eigenvalue weighted by Crippen LogP contribution is 2.25. The lowest BCUT2D eigenvalue weighted by Gasteiger charge is -2.25. The van der Waals surface area contributed by atoms with Gasteiger partial charge in [0, 0.05) is 0 Å². The molecule has 0 amide bonds. The Bertz CT molecular complexity index is 619. The number of hydrazine groups is 1. The van der Waals surface area contributed by atoms with Crippen molar-refractivity contribution < 1.29 is 0 Å². The second kappa shape index (κ2) is 7.06. The zero-order chi connectivity index (χ0) is 15.2. The van der Waals surface area contributed by atoms with E-state index in [0.29, 0.717) is 5.84 Å². The quantitative estimate of drug-likeness (QED) is 0.328. The number of hydrogen-bond acceptors (Lipinski definition) is 4. The average molecular weight is 285 g/mol. The molecule has 0 radical (unpaired) electrons. The SMILES string of the molecule is CNCCC(c1ccc2ccccc2c1)N(N)/N=C(/C)N. The monoisotopic (exact) mass is 285 g/mol. The van der Waals surface area contributed by atoms with Crippen LogP contribution in [0.2, 0.25) is 0 Å². The van der Waals surface area contributed by atoms with E-state index >= 15 is 0 Å². The third-order valence-corrected chi connectivity index (χ3v) is 3.42. The van der Waals surface area contributed by atoms with Crippen molar-refractivity contribution in [3.8, 4) is 0 Å². The van der Waals surface area contributed by atoms with Gasteiger partial charge < -0.3 is 11.1 Å². The van der Waals surface area contributed by atoms with Gasteiger partial charge in [0.25, 0.3) is 0 Å². The minimum Gasteiger partial charge on any atom is -0.386 e. The first-order chi connectivity index (χ1) is 10.1. The molecule has 0 bridgehead atoms. The first kappa shape index (κ1) is 15.3. The first-order valence-electron chi connectivity index (χ1n) is 7.09. The minimum absolute atomic E-state index is 0.0134. The lowest BCUT2D eigenvalue weighted by molar-refractivity contribution is 0.200. The van der Waals surface area contributed by atoms with Gasteiger partial charge >= 0.3 is 0 Å². The van der Waals surface area contributed by atoms with Crippen molar-refractivity contribution in [2.24, 2.45) is 16.7 Å². The summed E-state index contributed by atoms with van der Waals surface area (Å²) >= 11 is 0. The Labute approximate surface area is 125 Å². The molecule has 5 nitrogen and oxygen atoms in total. The summed E-state index contributed by atoms with van der Waals surface area (Å²) in [5.41, 5.74) is 6.78. The van der Waals surface area contributed by atoms with E-state index in [1.54, 1.807) is 6.92 Å². The molecular formula is C16H23N5. The van der Waals surface area contributed by atoms with E-state index in [2.05, 4.69) is 40.8 Å². The fourth-order valence-electron chi connectivity index (χ4n) is 2.40. The molecule has 0 saturated carbocycles. The number of nitrogens with zero attached hydrogens (tertiary/aromatic N) is 2. The molecule has 0 fully saturated rings. The Morgan fingerprint density at radius 2 is 1.95 bits per heavy atom. The minimum atomic E-state index is -0.0134. The van der Waals surface area contributed by atoms with Gasteiger partial charge in [-0.3, -0.25) is 0 Å². The van der Waals surface area contributed by atoms with E-state index < -0.39 is 0 Å². The Balaban J connectivity index is 2.35. The molecule has 0 aliphatic rings. The molecular weight excluding hydrogens is 262 g/mol. The van der Waals surface area contributed by atoms with E-state index in [0.717, 1.165) is 18.5 Å². The number of hydrogen-bond donors (Lipinski definition) is 3. The zero-order valence-corrected chi connectivity index (χ0v) is 12.6. The molecule has 0 aliphatic carbocycles. The fraction of sp³-hybridized carbons (Fsp3) is 0.312. The summed E-state index contributed by atoms with van der Waals surface area (Å²) in [5.74, 6) is 6.53. The lowest BCUT2D eigenvalue weighted by Crippen LogP contribution is -2.34. The molecule has 5 N–H and O–H groups in total. The molecule has 2 aromatic carbocycles. The van der Waals surface area contributed by atoms with Gasteiger partial charge in [-0.05, 0) is 49.3 Å². The summed E-state index contributed by atoms with van der Waals surface area (Å²) in [7, 11) is 1.93. The normalized spacial score (nSPS) is 13.4. The van der Waals surface area contributed by atoms with Gasteiger partial charge in [0.05, 0.1) is 6.04 Å². The number of rotatable bonds is 6. The maximum atomic E-state index is 6.07. The summed E-state index contributed by atoms with van der Waals surface area (Å²) in [6.07, 6.45) is 0.849. The van der Waals surface area contributed by atoms with E-state index in [9.17, 15) is 0 Å². The van der Waals surface area contributed by atoms with E-state index in [1.165, 1.54) is 15.9 Å². The molecule has 0 heterocycles. The van der Waals surface area contributed by atoms with E-state index in [4.69, 9.17) is 11.6 Å². The molecule has 1 atom stereocenters. The second-order valence-corrected chi connectivity index (χ2v) is 5.14. The fourth-order valence-corrected chi connectivity index (χ4v) is 2.40. The third-order valence-electron chi connectivity index (χ3n) is 3.42. The Hall–Kier alpha value is -2.11. The van der Waals surface area contributed by atoms with Crippen LogP contribution in [0.4, 0.5) is 0 Å². The predicted octanol–water partition coefficient (Wildman–Crippen LogP) is 1.96. The molecule has 0 aromatic heterocycles. The molecule has 2 aromatic rings. The van der Waals surface area contributed by atoms with Crippen LogP contribution in [0.25, 0.3) is 10.8 Å². The Morgan fingerprint density at radius 1 is 1.24 bits per heavy atom. The van der Waals surface area contributed by atoms with Gasteiger partial charge in [0.1, 0.15) is 5.84 Å². The highest BCUT2D eigenvalue weighted by atomic mass is 15.6. The van der Waals surface area contributed by atoms with Crippen molar-refractivity contribution in [2.45, 2.75) is 19.4 Å². The van der Waals surface area contributed by atoms with Crippen LogP contribution < -0.4 is 16.9 Å². The van der Waals surface area contributed by atoms with Crippen LogP contribution in [0.1, 0.15) is 24.9 Å². The summed E-state index contributed by atoms with van der Waals surface area (Å²) < 4.78 is 0. The van der Waals surface area contributed by atoms with Gasteiger partial charge in [-0.15, -0.1) is 5.10 Å². The highest BCUT2D eigenvalue weighted by molar-refractivity contribution is 5.83. The number of hydrazone groups is 1. The van der Waals surface area contributed by atoms with Gasteiger partial charge in [0.2, 0.25) is 0 Å². The lowest BCUT2D eigenvalue weighted by atomic mass is 10.00. The number of amidine groups is 1. The molecule has 112 valence electrons. The van der Waals surface area contributed by atoms with Crippen LogP contribution >= 0.6 is 0 Å². The topological polar surface area (TPSA) is 79.7 Å². The summed E-state index contributed by atoms with van der Waals surface area (Å²) in [6.45, 7) is 2.58. The standard InChI is InChI=1S/C16H23N5/c1-12(17)20-21(18)16(9-10-19-2)15-8-7-13-5-3-4-6-14(13)11-15/h3-8,11,16,19H,9-10,18H2,1-2H3,(H2,17,20). The summed E-state index contributed by atoms with van der Waals surface area (Å²) in [6, 6.07) is 14.6. The smallest absolute Gasteiger partial charge is 0.118 e. The van der Waals surface area contributed by atoms with Crippen molar-refractivity contribution >= 4 is 16.6 Å². The summed E-state index contributed by atoms with van der Waals surface area (Å²) in [5, 5.41) is 11.2. The van der Waals surface area contributed by atoms with Crippen LogP contribution in [0.5, 0.6) is 0 Å². The highest BCUT2D eigenvalue weighted by Gasteiger charge is 2.17. The van der Waals surface area contributed by atoms with Crippen LogP contribution in [-0.2, 0) is 0 Å². The zero-order valence-electron chi connectivity index (χ0n) is 12.6. The van der Waals surface area contributed by atoms with Crippen LogP contribution in [0, 0.1) is 0 Å². The first-order valence-corrected chi connectivity index (χ1v) is 7.09. The van der Waals surface area contributed by atoms with E-state index in [-0.39, 0.29) is 6.04 Å². The van der Waals surface area contributed by atoms with Gasteiger partial charge in [-0.25, -0.2) is 11.0 Å². The van der Waals surface area contributed by atoms with Crippen molar-refractivity contribution in [2.75, 3.05) is 13.6 Å². The molecule has 0 spiro atoms. The Kier molecular flexibility index (Phi) is 5.14. The average Bonchev–Trinajstić information content (AvgIpc) is 2.46. The second-order valence-electron chi connectivity index (χ2n) is 5.14. The van der Waals surface area contributed by atoms with Crippen LogP contribution in [-0.4, -0.2) is 24.5 Å². The van der Waals surface area contributed by atoms with Crippen molar-refractivity contribution in [3.05, 3.63) is 48.0 Å². The van der Waals surface area contributed by atoms with Gasteiger partial charge in [0.15, 0.2) is 0 Å². The summed E-state index contributed by atoms with van der Waals surface area (Å²) in [4.78, 5) is 0. The van der Waals surface area contributed by atoms with Crippen LogP contribution in [0.3, 0.4) is 0 Å². The molecule has 1 unspecified atom stereocenters. The van der Waals surface area contributed by atoms with E-state index in [1.807, 2.05) is 19.2 Å². The number of nitrogens with two attached hydrogens (primary N) is 2. The van der Waals surface area contributed by atoms with Crippen molar-refractivity contribution in [3.63, 3.8) is 0 Å². The van der Waals surface area contributed by atoms with Gasteiger partial charge in [-0.2, -0.15) is 0 Å². The molecule has 2 rings (SSSR count). The Morgan fingerprint density at radius 3 is 2.62 bits per heavy atom. The number of benzene rings is 2. The van der Waals surface area contributed by atoms with Crippen LogP contribution in [0.15, 0.2) is 47.6 Å². The molecule has 5 heteroatoms. The molecule has 21 heavy (non-hydrogen) atoms. The van der Waals surface area contributed by atoms with Crippen molar-refractivity contribution in [1.29, 1.82) is 0 Å². The molecule has 0 saturated heterocycles. The maximum Gasteiger partial charge on any atom is 0.118 e. The maximum absolute atomic E-state index is 6.07. The van der Waals surface area contributed by atoms with Gasteiger partial charge in [-0.1, -0.05) is 36.4 Å². The molecule has 0 aliphatic heterocycles. The third kappa shape index (κ3) is 3.93. The number of fused-ring (bicyclic) bond motifs is 1.